The number of halogens is 1. The number of likely N-dealkylation sites (N-methyl/N-ethyl adjacent to an activating group) is 1. The molecule has 17 heavy (non-hydrogen) atoms. The highest BCUT2D eigenvalue weighted by Crippen LogP contribution is 2.22. The Labute approximate surface area is 111 Å². The molecule has 0 amide bonds. The van der Waals surface area contributed by atoms with Crippen LogP contribution in [0.4, 0.5) is 11.4 Å². The zero-order chi connectivity index (χ0) is 12.7. The fourth-order valence-electron chi connectivity index (χ4n) is 1.42. The third-order valence-corrected chi connectivity index (χ3v) is 2.99. The first-order valence-electron chi connectivity index (χ1n) is 5.60. The van der Waals surface area contributed by atoms with Crippen molar-refractivity contribution in [1.82, 2.24) is 4.90 Å². The largest absolute Gasteiger partial charge is 0.397 e. The molecule has 0 heterocycles. The number of nitrogens with two attached hydrogens (primary N) is 1. The minimum atomic E-state index is 0.759. The van der Waals surface area contributed by atoms with E-state index in [4.69, 9.17) is 10.5 Å². The number of nitrogen functional groups attached to an aromatic ring is 1. The molecule has 1 rings (SSSR count). The smallest absolute Gasteiger partial charge is 0.0589 e. The zero-order valence-corrected chi connectivity index (χ0v) is 12.0. The first-order chi connectivity index (χ1) is 8.13. The van der Waals surface area contributed by atoms with E-state index in [1.54, 1.807) is 7.11 Å². The lowest BCUT2D eigenvalue weighted by Gasteiger charge is -2.17. The van der Waals surface area contributed by atoms with Gasteiger partial charge in [-0.1, -0.05) is 15.9 Å². The molecule has 0 aliphatic carbocycles. The molecule has 4 nitrogen and oxygen atoms in total. The van der Waals surface area contributed by atoms with Gasteiger partial charge in [-0.25, -0.2) is 0 Å². The lowest BCUT2D eigenvalue weighted by atomic mass is 10.2. The van der Waals surface area contributed by atoms with Crippen molar-refractivity contribution in [2.24, 2.45) is 0 Å². The molecule has 0 unspecified atom stereocenters. The van der Waals surface area contributed by atoms with Gasteiger partial charge in [0.05, 0.1) is 18.0 Å². The number of rotatable bonds is 7. The third-order valence-electron chi connectivity index (χ3n) is 2.50. The van der Waals surface area contributed by atoms with Gasteiger partial charge >= 0.3 is 0 Å². The summed E-state index contributed by atoms with van der Waals surface area (Å²) in [4.78, 5) is 2.21. The van der Waals surface area contributed by atoms with Crippen LogP contribution in [0.5, 0.6) is 0 Å². The average Bonchev–Trinajstić information content (AvgIpc) is 2.31. The molecule has 0 bridgehead atoms. The van der Waals surface area contributed by atoms with Crippen LogP contribution in [0, 0.1) is 0 Å². The Morgan fingerprint density at radius 2 is 2.18 bits per heavy atom. The van der Waals surface area contributed by atoms with E-state index in [-0.39, 0.29) is 0 Å². The van der Waals surface area contributed by atoms with Gasteiger partial charge in [0.25, 0.3) is 0 Å². The quantitative estimate of drug-likeness (QED) is 0.757. The second kappa shape index (κ2) is 7.53. The maximum absolute atomic E-state index is 5.87. The van der Waals surface area contributed by atoms with Crippen molar-refractivity contribution in [3.63, 3.8) is 0 Å². The Morgan fingerprint density at radius 1 is 1.41 bits per heavy atom. The molecule has 0 aliphatic rings. The summed E-state index contributed by atoms with van der Waals surface area (Å²) in [5.74, 6) is 0. The van der Waals surface area contributed by atoms with Crippen molar-refractivity contribution in [3.05, 3.63) is 22.7 Å². The maximum atomic E-state index is 5.87. The lowest BCUT2D eigenvalue weighted by molar-refractivity contribution is 0.163. The number of hydrogen-bond acceptors (Lipinski definition) is 4. The zero-order valence-electron chi connectivity index (χ0n) is 10.4. The SMILES string of the molecule is COCCN(C)CCNc1cc(Br)ccc1N. The van der Waals surface area contributed by atoms with Crippen molar-refractivity contribution in [2.75, 3.05) is 51.4 Å². The van der Waals surface area contributed by atoms with Crippen LogP contribution in [0.3, 0.4) is 0 Å². The predicted molar refractivity (Wildman–Crippen MR) is 76.4 cm³/mol. The van der Waals surface area contributed by atoms with Crippen LogP contribution in [0.25, 0.3) is 0 Å². The second-order valence-corrected chi connectivity index (χ2v) is 4.87. The van der Waals surface area contributed by atoms with Gasteiger partial charge in [0.2, 0.25) is 0 Å². The number of nitrogens with one attached hydrogen (secondary N) is 1. The molecule has 3 N–H and O–H groups in total. The first-order valence-corrected chi connectivity index (χ1v) is 6.39. The number of nitrogens with zero attached hydrogens (tertiary/aromatic N) is 1. The van der Waals surface area contributed by atoms with Crippen molar-refractivity contribution in [2.45, 2.75) is 0 Å². The summed E-state index contributed by atoms with van der Waals surface area (Å²) in [5, 5.41) is 3.32. The highest BCUT2D eigenvalue weighted by molar-refractivity contribution is 9.10. The number of ether oxygens (including phenoxy) is 1. The molecule has 96 valence electrons. The molecule has 0 aromatic heterocycles. The Balaban J connectivity index is 2.32. The Bertz CT molecular complexity index is 347. The third kappa shape index (κ3) is 5.39. The molecule has 1 aromatic carbocycles. The Hall–Kier alpha value is -0.780. The van der Waals surface area contributed by atoms with Crippen LogP contribution >= 0.6 is 15.9 Å². The van der Waals surface area contributed by atoms with Crippen LogP contribution in [-0.2, 0) is 4.74 Å². The fraction of sp³-hybridized carbons (Fsp3) is 0.500. The standard InChI is InChI=1S/C12H20BrN3O/c1-16(7-8-17-2)6-5-15-12-9-10(13)3-4-11(12)14/h3-4,9,15H,5-8,14H2,1-2H3. The minimum absolute atomic E-state index is 0.759. The normalized spacial score (nSPS) is 10.8. The van der Waals surface area contributed by atoms with Crippen LogP contribution in [0.1, 0.15) is 0 Å². The Kier molecular flexibility index (Phi) is 6.32. The van der Waals surface area contributed by atoms with Crippen molar-refractivity contribution < 1.29 is 4.74 Å². The summed E-state index contributed by atoms with van der Waals surface area (Å²) < 4.78 is 6.05. The van der Waals surface area contributed by atoms with Crippen molar-refractivity contribution in [3.8, 4) is 0 Å². The van der Waals surface area contributed by atoms with Gasteiger partial charge in [0, 0.05) is 31.2 Å². The summed E-state index contributed by atoms with van der Waals surface area (Å²) in [6.45, 7) is 3.51. The van der Waals surface area contributed by atoms with E-state index >= 15 is 0 Å². The van der Waals surface area contributed by atoms with Gasteiger partial charge in [0.1, 0.15) is 0 Å². The van der Waals surface area contributed by atoms with E-state index in [2.05, 4.69) is 33.2 Å². The number of benzene rings is 1. The van der Waals surface area contributed by atoms with E-state index < -0.39 is 0 Å². The highest BCUT2D eigenvalue weighted by atomic mass is 79.9. The molecule has 0 aliphatic heterocycles. The minimum Gasteiger partial charge on any atom is -0.397 e. The van der Waals surface area contributed by atoms with Gasteiger partial charge in [-0.05, 0) is 25.2 Å². The second-order valence-electron chi connectivity index (χ2n) is 3.95. The summed E-state index contributed by atoms with van der Waals surface area (Å²) >= 11 is 3.43. The molecule has 0 saturated heterocycles. The van der Waals surface area contributed by atoms with Gasteiger partial charge in [0.15, 0.2) is 0 Å². The summed E-state index contributed by atoms with van der Waals surface area (Å²) in [5.41, 5.74) is 7.61. The molecule has 5 heteroatoms. The van der Waals surface area contributed by atoms with E-state index in [0.717, 1.165) is 42.1 Å². The number of hydrogen-bond donors (Lipinski definition) is 2. The predicted octanol–water partition coefficient (Wildman–Crippen LogP) is 2.02. The van der Waals surface area contributed by atoms with Crippen molar-refractivity contribution in [1.29, 1.82) is 0 Å². The monoisotopic (exact) mass is 301 g/mol. The molecule has 0 radical (unpaired) electrons. The molecular formula is C12H20BrN3O. The van der Waals surface area contributed by atoms with Crippen LogP contribution in [0.15, 0.2) is 22.7 Å². The number of methoxy groups -OCH3 is 1. The average molecular weight is 302 g/mol. The highest BCUT2D eigenvalue weighted by Gasteiger charge is 2.01. The topological polar surface area (TPSA) is 50.5 Å². The van der Waals surface area contributed by atoms with E-state index in [0.29, 0.717) is 0 Å². The van der Waals surface area contributed by atoms with Gasteiger partial charge in [-0.3, -0.25) is 0 Å². The van der Waals surface area contributed by atoms with Crippen molar-refractivity contribution >= 4 is 27.3 Å². The molecule has 0 atom stereocenters. The maximum Gasteiger partial charge on any atom is 0.0589 e. The first kappa shape index (κ1) is 14.3. The molecule has 1 aromatic rings. The summed E-state index contributed by atoms with van der Waals surface area (Å²) in [7, 11) is 3.79. The van der Waals surface area contributed by atoms with Gasteiger partial charge < -0.3 is 20.7 Å². The summed E-state index contributed by atoms with van der Waals surface area (Å²) in [6.07, 6.45) is 0. The van der Waals surface area contributed by atoms with Crippen LogP contribution in [0.2, 0.25) is 0 Å². The molecule has 0 saturated carbocycles. The summed E-state index contributed by atoms with van der Waals surface area (Å²) in [6, 6.07) is 5.82. The lowest BCUT2D eigenvalue weighted by Crippen LogP contribution is -2.28. The van der Waals surface area contributed by atoms with E-state index in [1.807, 2.05) is 18.2 Å². The number of anilines is 2. The van der Waals surface area contributed by atoms with Gasteiger partial charge in [-0.2, -0.15) is 0 Å². The molecule has 0 spiro atoms. The fourth-order valence-corrected chi connectivity index (χ4v) is 1.78. The van der Waals surface area contributed by atoms with E-state index in [1.165, 1.54) is 0 Å². The molecular weight excluding hydrogens is 282 g/mol. The Morgan fingerprint density at radius 3 is 2.88 bits per heavy atom. The van der Waals surface area contributed by atoms with E-state index in [9.17, 15) is 0 Å². The van der Waals surface area contributed by atoms with Gasteiger partial charge in [-0.15, -0.1) is 0 Å². The van der Waals surface area contributed by atoms with Crippen LogP contribution < -0.4 is 11.1 Å². The molecule has 0 fully saturated rings. The van der Waals surface area contributed by atoms with Crippen LogP contribution in [-0.4, -0.2) is 45.3 Å².